The topological polar surface area (TPSA) is 4.93 Å². The fourth-order valence-corrected chi connectivity index (χ4v) is 18.8. The molecule has 1 aromatic heterocycles. The van der Waals surface area contributed by atoms with Crippen molar-refractivity contribution in [3.63, 3.8) is 0 Å². The lowest BCUT2D eigenvalue weighted by Gasteiger charge is -2.38. The molecule has 0 atom stereocenters. The molecule has 0 saturated heterocycles. The van der Waals surface area contributed by atoms with Crippen LogP contribution in [0.2, 0.25) is 0 Å². The molecule has 10 rings (SSSR count). The van der Waals surface area contributed by atoms with E-state index >= 15 is 0 Å². The lowest BCUT2D eigenvalue weighted by Crippen LogP contribution is -2.78. The van der Waals surface area contributed by atoms with Gasteiger partial charge in [0.25, 0.3) is 0 Å². The lowest BCUT2D eigenvalue weighted by molar-refractivity contribution is 1.19. The van der Waals surface area contributed by atoms with Crippen LogP contribution in [-0.4, -0.2) is 20.7 Å². The molecule has 0 amide bonds. The van der Waals surface area contributed by atoms with Crippen molar-refractivity contribution < 1.29 is 11.0 Å². The number of benzene rings is 9. The maximum Gasteiger partial charge on any atom is 0.179 e. The third kappa shape index (κ3) is 5.66. The third-order valence-electron chi connectivity index (χ3n) is 11.3. The second kappa shape index (κ2) is 14.7. The van der Waals surface area contributed by atoms with Gasteiger partial charge < -0.3 is 4.57 Å². The van der Waals surface area contributed by atoms with Crippen LogP contribution in [0.5, 0.6) is 0 Å². The van der Waals surface area contributed by atoms with Gasteiger partial charge in [-0.05, 0) is 65.7 Å². The lowest BCUT2D eigenvalue weighted by atomic mass is 10.2. The van der Waals surface area contributed by atoms with Crippen LogP contribution in [0.3, 0.4) is 0 Å². The Balaban J connectivity index is 1.51. The molecule has 0 aliphatic carbocycles. The highest BCUT2D eigenvalue weighted by atomic mass is 28.3. The summed E-state index contributed by atoms with van der Waals surface area (Å²) >= 11 is 0. The standard InChI is InChI=1S/C54H41NSi2/c1-7-23-43(24-8-1)56(44-25-9-2-10-26-44,45-27-11-3-12-28-45)49-39-42(55-53-37-21-19-35-51(53)52-36-20-22-38-54(52)55)40-50(41-49)57(46-29-13-4-14-30-46,47-31-15-5-16-32-47)48-33-17-6-18-34-48/h1-41H/i19D,20D,21D,22D,35D,36D,37D,38D. The highest BCUT2D eigenvalue weighted by Crippen LogP contribution is 2.32. The SMILES string of the molecule is [2H]c1c([2H])c([2H])c2c(c1[2H])c1c([2H])c([2H])c([2H])c([2H])c1n2-c1cc([Si](c2ccccc2)(c2ccccc2)c2ccccc2)cc([Si](c2ccccc2)(c2ccccc2)c2ccccc2)c1. The Kier molecular flexibility index (Phi) is 6.94. The van der Waals surface area contributed by atoms with Gasteiger partial charge in [0.15, 0.2) is 16.1 Å². The minimum absolute atomic E-state index is 0.0420. The molecule has 0 bridgehead atoms. The van der Waals surface area contributed by atoms with Crippen molar-refractivity contribution in [1.82, 2.24) is 4.57 Å². The largest absolute Gasteiger partial charge is 0.309 e. The van der Waals surface area contributed by atoms with Crippen molar-refractivity contribution in [3.8, 4) is 5.69 Å². The van der Waals surface area contributed by atoms with Crippen LogP contribution in [0.1, 0.15) is 11.0 Å². The van der Waals surface area contributed by atoms with Crippen molar-refractivity contribution >= 4 is 79.4 Å². The van der Waals surface area contributed by atoms with Crippen LogP contribution in [-0.2, 0) is 0 Å². The summed E-state index contributed by atoms with van der Waals surface area (Å²) < 4.78 is 74.9. The molecule has 57 heavy (non-hydrogen) atoms. The Bertz CT molecular complexity index is 2980. The average molecular weight is 768 g/mol. The molecule has 0 fully saturated rings. The first-order valence-electron chi connectivity index (χ1n) is 23.1. The van der Waals surface area contributed by atoms with Gasteiger partial charge in [0.1, 0.15) is 0 Å². The molecule has 1 nitrogen and oxygen atoms in total. The van der Waals surface area contributed by atoms with Gasteiger partial charge in [0.05, 0.1) is 22.0 Å². The first-order chi connectivity index (χ1) is 31.6. The summed E-state index contributed by atoms with van der Waals surface area (Å²) in [5.74, 6) is 0. The molecule has 0 aliphatic heterocycles. The van der Waals surface area contributed by atoms with E-state index in [9.17, 15) is 5.48 Å². The van der Waals surface area contributed by atoms with Gasteiger partial charge >= 0.3 is 0 Å². The summed E-state index contributed by atoms with van der Waals surface area (Å²) in [6.07, 6.45) is 0. The van der Waals surface area contributed by atoms with E-state index in [0.717, 1.165) is 41.5 Å². The summed E-state index contributed by atoms with van der Waals surface area (Å²) in [6.45, 7) is 0. The minimum Gasteiger partial charge on any atom is -0.309 e. The number of para-hydroxylation sites is 2. The number of hydrogen-bond acceptors (Lipinski definition) is 0. The van der Waals surface area contributed by atoms with E-state index in [1.54, 1.807) is 4.57 Å². The quantitative estimate of drug-likeness (QED) is 0.106. The summed E-state index contributed by atoms with van der Waals surface area (Å²) in [6, 6.07) is 66.7. The van der Waals surface area contributed by atoms with Crippen LogP contribution >= 0.6 is 0 Å². The Morgan fingerprint density at radius 3 is 0.842 bits per heavy atom. The first kappa shape index (κ1) is 26.9. The predicted octanol–water partition coefficient (Wildman–Crippen LogP) is 7.54. The van der Waals surface area contributed by atoms with Crippen molar-refractivity contribution in [2.75, 3.05) is 0 Å². The third-order valence-corrected chi connectivity index (χ3v) is 20.8. The molecule has 0 unspecified atom stereocenters. The van der Waals surface area contributed by atoms with Gasteiger partial charge in [0.2, 0.25) is 0 Å². The monoisotopic (exact) mass is 767 g/mol. The number of fused-ring (bicyclic) bond motifs is 3. The van der Waals surface area contributed by atoms with Crippen LogP contribution < -0.4 is 41.5 Å². The summed E-state index contributed by atoms with van der Waals surface area (Å²) in [4.78, 5) is 0. The molecule has 0 aliphatic rings. The van der Waals surface area contributed by atoms with Crippen LogP contribution in [0.25, 0.3) is 27.5 Å². The average Bonchev–Trinajstić information content (AvgIpc) is 3.73. The molecular formula is C54H41NSi2. The van der Waals surface area contributed by atoms with Crippen LogP contribution in [0.4, 0.5) is 0 Å². The minimum atomic E-state index is -3.37. The van der Waals surface area contributed by atoms with E-state index in [0.29, 0.717) is 5.69 Å². The number of aromatic nitrogens is 1. The zero-order valence-corrected chi connectivity index (χ0v) is 33.0. The van der Waals surface area contributed by atoms with Gasteiger partial charge in [-0.1, -0.05) is 224 Å². The highest BCUT2D eigenvalue weighted by molar-refractivity contribution is 7.22. The molecule has 0 saturated carbocycles. The smallest absolute Gasteiger partial charge is 0.179 e. The molecule has 0 radical (unpaired) electrons. The van der Waals surface area contributed by atoms with E-state index in [1.165, 1.54) is 0 Å². The second-order valence-electron chi connectivity index (χ2n) is 14.2. The van der Waals surface area contributed by atoms with Crippen LogP contribution in [0.15, 0.2) is 249 Å². The molecule has 270 valence electrons. The molecule has 0 N–H and O–H groups in total. The fraction of sp³-hybridized carbons (Fsp3) is 0. The normalized spacial score (nSPS) is 13.8. The van der Waals surface area contributed by atoms with Crippen molar-refractivity contribution in [3.05, 3.63) is 249 Å². The maximum absolute atomic E-state index is 9.55. The Hall–Kier alpha value is -6.79. The van der Waals surface area contributed by atoms with Gasteiger partial charge in [0, 0.05) is 16.5 Å². The van der Waals surface area contributed by atoms with E-state index in [4.69, 9.17) is 5.48 Å². The number of rotatable bonds is 9. The molecule has 10 aromatic rings. The second-order valence-corrected chi connectivity index (χ2v) is 21.9. The highest BCUT2D eigenvalue weighted by Gasteiger charge is 2.46. The van der Waals surface area contributed by atoms with E-state index in [1.807, 2.05) is 36.4 Å². The fourth-order valence-electron chi connectivity index (χ4n) is 8.98. The van der Waals surface area contributed by atoms with Gasteiger partial charge in [-0.2, -0.15) is 0 Å². The maximum atomic E-state index is 9.55. The van der Waals surface area contributed by atoms with Crippen LogP contribution in [0, 0.1) is 0 Å². The van der Waals surface area contributed by atoms with Crippen molar-refractivity contribution in [2.45, 2.75) is 0 Å². The summed E-state index contributed by atoms with van der Waals surface area (Å²) in [7, 11) is -6.75. The van der Waals surface area contributed by atoms with Crippen molar-refractivity contribution in [1.29, 1.82) is 0 Å². The summed E-state index contributed by atoms with van der Waals surface area (Å²) in [5.41, 5.74) is 0.685. The Labute approximate surface area is 348 Å². The zero-order chi connectivity index (χ0) is 45.0. The molecular weight excluding hydrogens is 719 g/mol. The molecule has 0 spiro atoms. The Morgan fingerprint density at radius 1 is 0.298 bits per heavy atom. The van der Waals surface area contributed by atoms with E-state index in [2.05, 4.69) is 164 Å². The predicted molar refractivity (Wildman–Crippen MR) is 248 cm³/mol. The Morgan fingerprint density at radius 2 is 0.561 bits per heavy atom. The number of nitrogens with zero attached hydrogens (tertiary/aromatic N) is 1. The summed E-state index contributed by atoms with van der Waals surface area (Å²) in [5, 5.41) is 8.80. The zero-order valence-electron chi connectivity index (χ0n) is 39.0. The molecule has 1 heterocycles. The van der Waals surface area contributed by atoms with Gasteiger partial charge in [-0.3, -0.25) is 0 Å². The van der Waals surface area contributed by atoms with E-state index in [-0.39, 0.29) is 46.0 Å². The molecule has 3 heteroatoms. The van der Waals surface area contributed by atoms with Crippen molar-refractivity contribution in [2.24, 2.45) is 0 Å². The first-order valence-corrected chi connectivity index (χ1v) is 23.1. The molecule has 9 aromatic carbocycles. The van der Waals surface area contributed by atoms with Gasteiger partial charge in [-0.25, -0.2) is 0 Å². The van der Waals surface area contributed by atoms with E-state index < -0.39 is 40.3 Å². The van der Waals surface area contributed by atoms with Gasteiger partial charge in [-0.15, -0.1) is 0 Å². The number of hydrogen-bond donors (Lipinski definition) is 0.